The van der Waals surface area contributed by atoms with Crippen LogP contribution in [-0.4, -0.2) is 44.8 Å². The molecular formula is C24H10Cl20O. The molecule has 4 unspecified atom stereocenters. The lowest BCUT2D eigenvalue weighted by molar-refractivity contribution is -0.149. The molecule has 2 aromatic rings. The predicted octanol–water partition coefficient (Wildman–Crippen LogP) is 14.6. The lowest BCUT2D eigenvalue weighted by Gasteiger charge is -2.69. The normalized spacial score (nSPS) is 38.3. The molecule has 0 radical (unpaired) electrons. The largest absolute Gasteiger partial charge is 0.327 e. The first-order valence-electron chi connectivity index (χ1n) is 11.5. The monoisotopic (exact) mass is 1010 g/mol. The molecular weight excluding hydrogens is 1010 g/mol. The van der Waals surface area contributed by atoms with Crippen LogP contribution >= 0.6 is 232 Å². The molecule has 2 aromatic carbocycles. The van der Waals surface area contributed by atoms with Gasteiger partial charge in [0, 0.05) is 0 Å². The van der Waals surface area contributed by atoms with E-state index in [0.717, 1.165) is 0 Å². The molecule has 2 aliphatic rings. The third-order valence-corrected chi connectivity index (χ3v) is 22.7. The van der Waals surface area contributed by atoms with Gasteiger partial charge >= 0.3 is 0 Å². The molecule has 0 aliphatic heterocycles. The van der Waals surface area contributed by atoms with Crippen molar-refractivity contribution < 1.29 is 4.74 Å². The summed E-state index contributed by atoms with van der Waals surface area (Å²) in [5.41, 5.74) is -0.180. The third kappa shape index (κ3) is 4.81. The fourth-order valence-electron chi connectivity index (χ4n) is 4.99. The number of halogens is 20. The van der Waals surface area contributed by atoms with E-state index in [1.807, 2.05) is 0 Å². The van der Waals surface area contributed by atoms with Crippen LogP contribution in [0.2, 0.25) is 0 Å². The van der Waals surface area contributed by atoms with E-state index in [1.165, 1.54) is 48.5 Å². The van der Waals surface area contributed by atoms with Gasteiger partial charge in [0.05, 0.1) is 0 Å². The highest BCUT2D eigenvalue weighted by atomic mass is 35.6. The van der Waals surface area contributed by atoms with Gasteiger partial charge in [0.25, 0.3) is 0 Å². The fraction of sp³-hybridized carbons (Fsp3) is 0.500. The van der Waals surface area contributed by atoms with Gasteiger partial charge in [-0.1, -0.05) is 269 Å². The quantitative estimate of drug-likeness (QED) is 0.277. The highest BCUT2D eigenvalue weighted by Crippen LogP contribution is 2.83. The molecule has 2 aliphatic carbocycles. The van der Waals surface area contributed by atoms with E-state index in [0.29, 0.717) is 0 Å². The zero-order chi connectivity index (χ0) is 34.9. The Morgan fingerprint density at radius 2 is 0.511 bits per heavy atom. The lowest BCUT2D eigenvalue weighted by atomic mass is 9.74. The number of rotatable bonds is 4. The second-order valence-electron chi connectivity index (χ2n) is 9.94. The highest BCUT2D eigenvalue weighted by molar-refractivity contribution is 6.79. The summed E-state index contributed by atoms with van der Waals surface area (Å²) in [5, 5.41) is -6.41. The first-order chi connectivity index (χ1) is 19.9. The SMILES string of the molecule is ClC1(Cl)C(Cl)(Cl)C(Cl)(Cl)C(Cl)(c2ccccc2)C(Cl)(OC2(Cl)C(Cl)(Cl)C(Cl)(Cl)C(Cl)(Cl)C(Cl)(Cl)C2(Cl)c2ccccc2)C1(Cl)Cl. The van der Waals surface area contributed by atoms with Gasteiger partial charge in [0.1, 0.15) is 0 Å². The molecule has 0 amide bonds. The summed E-state index contributed by atoms with van der Waals surface area (Å²) in [6, 6.07) is 14.7. The maximum absolute atomic E-state index is 7.36. The van der Waals surface area contributed by atoms with Crippen LogP contribution in [0.5, 0.6) is 0 Å². The van der Waals surface area contributed by atoms with Crippen LogP contribution in [0, 0.1) is 0 Å². The van der Waals surface area contributed by atoms with Crippen LogP contribution in [0.3, 0.4) is 0 Å². The van der Waals surface area contributed by atoms with Gasteiger partial charge in [-0.15, -0.1) is 23.2 Å². The van der Waals surface area contributed by atoms with E-state index in [9.17, 15) is 0 Å². The van der Waals surface area contributed by atoms with Gasteiger partial charge in [0.2, 0.25) is 10.1 Å². The molecule has 4 rings (SSSR count). The Labute approximate surface area is 358 Å². The van der Waals surface area contributed by atoms with Gasteiger partial charge in [-0.05, 0) is 11.1 Å². The first-order valence-corrected chi connectivity index (χ1v) is 19.1. The standard InChI is InChI=1S/C24H10Cl20O/c25-13(11-7-3-1-4-8-11)15(27,28)17(31,32)19(35,36)21(39,40)23(13,43)45-24(44)14(26,12-9-5-2-6-10-12)16(29,30)18(33,34)20(37,38)22(24,41)42/h1-10H. The van der Waals surface area contributed by atoms with Crippen molar-refractivity contribution in [1.82, 2.24) is 0 Å². The van der Waals surface area contributed by atoms with Crippen LogP contribution in [-0.2, 0) is 14.5 Å². The van der Waals surface area contributed by atoms with Crippen molar-refractivity contribution in [3.8, 4) is 0 Å². The maximum atomic E-state index is 7.36. The number of benzene rings is 2. The minimum Gasteiger partial charge on any atom is -0.327 e. The van der Waals surface area contributed by atoms with Crippen molar-refractivity contribution in [2.24, 2.45) is 0 Å². The average Bonchev–Trinajstić information content (AvgIpc) is 2.94. The second kappa shape index (κ2) is 12.4. The zero-order valence-corrected chi connectivity index (χ0v) is 35.9. The Morgan fingerprint density at radius 1 is 0.289 bits per heavy atom. The smallest absolute Gasteiger partial charge is 0.206 e. The number of hydrogen-bond acceptors (Lipinski definition) is 1. The molecule has 0 saturated heterocycles. The fourth-order valence-corrected chi connectivity index (χ4v) is 13.6. The molecule has 0 heterocycles. The topological polar surface area (TPSA) is 9.23 Å². The molecule has 45 heavy (non-hydrogen) atoms. The molecule has 252 valence electrons. The van der Waals surface area contributed by atoms with E-state index in [1.54, 1.807) is 12.1 Å². The van der Waals surface area contributed by atoms with Crippen LogP contribution in [0.4, 0.5) is 0 Å². The van der Waals surface area contributed by atoms with E-state index < -0.39 is 54.5 Å². The Bertz CT molecular complexity index is 1350. The van der Waals surface area contributed by atoms with Crippen molar-refractivity contribution >= 4 is 232 Å². The van der Waals surface area contributed by atoms with Crippen LogP contribution in [0.25, 0.3) is 0 Å². The minimum atomic E-state index is -3.20. The Morgan fingerprint density at radius 3 is 0.756 bits per heavy atom. The molecule has 0 aromatic heterocycles. The van der Waals surface area contributed by atoms with E-state index in [-0.39, 0.29) is 11.1 Å². The molecule has 0 N–H and O–H groups in total. The molecule has 2 fully saturated rings. The summed E-state index contributed by atoms with van der Waals surface area (Å²) >= 11 is 138. The first kappa shape index (κ1) is 41.9. The molecule has 2 saturated carbocycles. The van der Waals surface area contributed by atoms with Crippen LogP contribution in [0.15, 0.2) is 60.7 Å². The van der Waals surface area contributed by atoms with Crippen molar-refractivity contribution in [2.45, 2.75) is 54.5 Å². The Hall–Kier alpha value is 4.20. The summed E-state index contributed by atoms with van der Waals surface area (Å²) in [7, 11) is 0. The zero-order valence-electron chi connectivity index (χ0n) is 20.7. The molecule has 4 atom stereocenters. The highest BCUT2D eigenvalue weighted by Gasteiger charge is 2.94. The average molecular weight is 1020 g/mol. The molecule has 1 nitrogen and oxygen atoms in total. The van der Waals surface area contributed by atoms with Crippen LogP contribution in [0.1, 0.15) is 11.1 Å². The van der Waals surface area contributed by atoms with E-state index in [4.69, 9.17) is 237 Å². The summed E-state index contributed by atoms with van der Waals surface area (Å²) in [6.07, 6.45) is 0. The van der Waals surface area contributed by atoms with E-state index >= 15 is 0 Å². The van der Waals surface area contributed by atoms with Crippen molar-refractivity contribution in [1.29, 1.82) is 0 Å². The second-order valence-corrected chi connectivity index (χ2v) is 22.8. The number of alkyl halides is 20. The van der Waals surface area contributed by atoms with Crippen molar-refractivity contribution in [3.05, 3.63) is 71.8 Å². The van der Waals surface area contributed by atoms with Gasteiger partial charge in [0.15, 0.2) is 44.4 Å². The van der Waals surface area contributed by atoms with Gasteiger partial charge in [-0.2, -0.15) is 0 Å². The number of hydrogen-bond donors (Lipinski definition) is 0. The summed E-state index contributed by atoms with van der Waals surface area (Å²) < 4.78 is -16.7. The molecule has 0 bridgehead atoms. The molecule has 21 heteroatoms. The molecule has 0 spiro atoms. The lowest BCUT2D eigenvalue weighted by Crippen LogP contribution is -2.86. The van der Waals surface area contributed by atoms with E-state index in [2.05, 4.69) is 0 Å². The Balaban J connectivity index is 2.24. The summed E-state index contributed by atoms with van der Waals surface area (Å²) in [6.45, 7) is 0. The summed E-state index contributed by atoms with van der Waals surface area (Å²) in [4.78, 5) is -5.52. The number of ether oxygens (including phenoxy) is 1. The van der Waals surface area contributed by atoms with Gasteiger partial charge in [-0.25, -0.2) is 0 Å². The van der Waals surface area contributed by atoms with Crippen LogP contribution < -0.4 is 0 Å². The summed E-state index contributed by atoms with van der Waals surface area (Å²) in [5.74, 6) is 0. The maximum Gasteiger partial charge on any atom is 0.206 e. The van der Waals surface area contributed by atoms with Crippen molar-refractivity contribution in [3.63, 3.8) is 0 Å². The minimum absolute atomic E-state index is 0.0902. The van der Waals surface area contributed by atoms with Crippen molar-refractivity contribution in [2.75, 3.05) is 0 Å². The third-order valence-electron chi connectivity index (χ3n) is 7.55. The predicted molar refractivity (Wildman–Crippen MR) is 202 cm³/mol. The van der Waals surface area contributed by atoms with Gasteiger partial charge in [-0.3, -0.25) is 0 Å². The van der Waals surface area contributed by atoms with Gasteiger partial charge < -0.3 is 4.74 Å². The Kier molecular flexibility index (Phi) is 11.5.